The second-order valence-electron chi connectivity index (χ2n) is 4.96. The van der Waals surface area contributed by atoms with Crippen molar-refractivity contribution in [3.05, 3.63) is 52.5 Å². The molecule has 2 rings (SSSR count). The summed E-state index contributed by atoms with van der Waals surface area (Å²) in [6, 6.07) is 9.65. The highest BCUT2D eigenvalue weighted by Crippen LogP contribution is 2.26. The Balaban J connectivity index is 2.17. The SMILES string of the molecule is COc1ccc(Cl)cc1C(=O)Nc1ccc(OCC(=O)O)cc1C. The fourth-order valence-electron chi connectivity index (χ4n) is 2.06. The summed E-state index contributed by atoms with van der Waals surface area (Å²) in [5, 5.41) is 11.8. The third-order valence-corrected chi connectivity index (χ3v) is 3.45. The molecular formula is C17H16ClNO5. The van der Waals surface area contributed by atoms with Gasteiger partial charge < -0.3 is 19.9 Å². The van der Waals surface area contributed by atoms with Crippen LogP contribution in [-0.2, 0) is 4.79 Å². The van der Waals surface area contributed by atoms with Crippen molar-refractivity contribution in [3.63, 3.8) is 0 Å². The summed E-state index contributed by atoms with van der Waals surface area (Å²) >= 11 is 5.93. The number of amides is 1. The van der Waals surface area contributed by atoms with E-state index in [1.165, 1.54) is 13.2 Å². The van der Waals surface area contributed by atoms with Crippen LogP contribution in [-0.4, -0.2) is 30.7 Å². The number of halogens is 1. The van der Waals surface area contributed by atoms with Crippen LogP contribution in [0, 0.1) is 6.92 Å². The van der Waals surface area contributed by atoms with Gasteiger partial charge in [-0.3, -0.25) is 4.79 Å². The zero-order chi connectivity index (χ0) is 17.7. The standard InChI is InChI=1S/C17H16ClNO5/c1-10-7-12(24-9-16(20)21)4-5-14(10)19-17(22)13-8-11(18)3-6-15(13)23-2/h3-8H,9H2,1-2H3,(H,19,22)(H,20,21). The summed E-state index contributed by atoms with van der Waals surface area (Å²) in [7, 11) is 1.47. The molecule has 126 valence electrons. The average Bonchev–Trinajstić information content (AvgIpc) is 2.55. The Hall–Kier alpha value is -2.73. The third-order valence-electron chi connectivity index (χ3n) is 3.21. The molecule has 1 amide bonds. The molecule has 0 heterocycles. The van der Waals surface area contributed by atoms with E-state index in [2.05, 4.69) is 5.32 Å². The highest BCUT2D eigenvalue weighted by molar-refractivity contribution is 6.31. The molecule has 0 aliphatic heterocycles. The van der Waals surface area contributed by atoms with Crippen molar-refractivity contribution in [3.8, 4) is 11.5 Å². The fraction of sp³-hybridized carbons (Fsp3) is 0.176. The smallest absolute Gasteiger partial charge is 0.341 e. The number of anilines is 1. The topological polar surface area (TPSA) is 84.9 Å². The number of aliphatic carboxylic acids is 1. The average molecular weight is 350 g/mol. The number of benzene rings is 2. The first-order valence-electron chi connectivity index (χ1n) is 7.01. The Kier molecular flexibility index (Phi) is 5.65. The monoisotopic (exact) mass is 349 g/mol. The largest absolute Gasteiger partial charge is 0.496 e. The quantitative estimate of drug-likeness (QED) is 0.835. The molecule has 0 unspecified atom stereocenters. The number of nitrogens with one attached hydrogen (secondary N) is 1. The maximum absolute atomic E-state index is 12.4. The number of methoxy groups -OCH3 is 1. The van der Waals surface area contributed by atoms with E-state index in [-0.39, 0.29) is 5.91 Å². The Morgan fingerprint density at radius 2 is 1.96 bits per heavy atom. The lowest BCUT2D eigenvalue weighted by Crippen LogP contribution is -2.14. The molecule has 0 saturated carbocycles. The number of carboxylic acid groups (broad SMARTS) is 1. The zero-order valence-electron chi connectivity index (χ0n) is 13.1. The van der Waals surface area contributed by atoms with Crippen LogP contribution in [0.5, 0.6) is 11.5 Å². The normalized spacial score (nSPS) is 10.1. The molecule has 2 aromatic rings. The van der Waals surface area contributed by atoms with E-state index in [0.29, 0.717) is 27.8 Å². The molecule has 0 atom stereocenters. The molecule has 0 fully saturated rings. The minimum atomic E-state index is -1.06. The van der Waals surface area contributed by atoms with Crippen LogP contribution in [0.25, 0.3) is 0 Å². The van der Waals surface area contributed by atoms with Crippen LogP contribution in [0.4, 0.5) is 5.69 Å². The zero-order valence-corrected chi connectivity index (χ0v) is 13.9. The van der Waals surface area contributed by atoms with Gasteiger partial charge in [0.1, 0.15) is 11.5 Å². The van der Waals surface area contributed by atoms with Gasteiger partial charge in [-0.1, -0.05) is 11.6 Å². The van der Waals surface area contributed by atoms with Crippen molar-refractivity contribution in [2.45, 2.75) is 6.92 Å². The minimum Gasteiger partial charge on any atom is -0.496 e. The van der Waals surface area contributed by atoms with Crippen LogP contribution in [0.3, 0.4) is 0 Å². The minimum absolute atomic E-state index is 0.315. The first-order valence-corrected chi connectivity index (χ1v) is 7.38. The maximum atomic E-state index is 12.4. The molecule has 0 aromatic heterocycles. The Morgan fingerprint density at radius 1 is 1.21 bits per heavy atom. The van der Waals surface area contributed by atoms with Crippen molar-refractivity contribution in [2.24, 2.45) is 0 Å². The number of ether oxygens (including phenoxy) is 2. The third kappa shape index (κ3) is 4.39. The lowest BCUT2D eigenvalue weighted by atomic mass is 10.1. The first kappa shape index (κ1) is 17.6. The number of hydrogen-bond donors (Lipinski definition) is 2. The van der Waals surface area contributed by atoms with Gasteiger partial charge in [-0.15, -0.1) is 0 Å². The Morgan fingerprint density at radius 3 is 2.58 bits per heavy atom. The van der Waals surface area contributed by atoms with Gasteiger partial charge in [0.15, 0.2) is 6.61 Å². The molecule has 0 aliphatic carbocycles. The first-order chi connectivity index (χ1) is 11.4. The van der Waals surface area contributed by atoms with E-state index >= 15 is 0 Å². The van der Waals surface area contributed by atoms with E-state index in [1.807, 2.05) is 0 Å². The fourth-order valence-corrected chi connectivity index (χ4v) is 2.23. The van der Waals surface area contributed by atoms with E-state index in [9.17, 15) is 9.59 Å². The number of carboxylic acids is 1. The second kappa shape index (κ2) is 7.70. The number of rotatable bonds is 6. The predicted molar refractivity (Wildman–Crippen MR) is 90.3 cm³/mol. The van der Waals surface area contributed by atoms with Gasteiger partial charge in [0, 0.05) is 10.7 Å². The number of carbonyl (C=O) groups is 2. The predicted octanol–water partition coefficient (Wildman–Crippen LogP) is 3.37. The van der Waals surface area contributed by atoms with Crippen molar-refractivity contribution >= 4 is 29.2 Å². The lowest BCUT2D eigenvalue weighted by Gasteiger charge is -2.12. The van der Waals surface area contributed by atoms with Gasteiger partial charge in [0.25, 0.3) is 5.91 Å². The van der Waals surface area contributed by atoms with E-state index in [0.717, 1.165) is 5.56 Å². The summed E-state index contributed by atoms with van der Waals surface area (Å²) in [6.45, 7) is 1.35. The van der Waals surface area contributed by atoms with Gasteiger partial charge in [-0.2, -0.15) is 0 Å². The van der Waals surface area contributed by atoms with Crippen molar-refractivity contribution in [2.75, 3.05) is 19.0 Å². The summed E-state index contributed by atoms with van der Waals surface area (Å²) in [4.78, 5) is 22.9. The molecule has 24 heavy (non-hydrogen) atoms. The van der Waals surface area contributed by atoms with E-state index in [4.69, 9.17) is 26.2 Å². The van der Waals surface area contributed by atoms with Gasteiger partial charge in [-0.05, 0) is 48.9 Å². The van der Waals surface area contributed by atoms with Crippen LogP contribution in [0.15, 0.2) is 36.4 Å². The lowest BCUT2D eigenvalue weighted by molar-refractivity contribution is -0.139. The van der Waals surface area contributed by atoms with Gasteiger partial charge >= 0.3 is 5.97 Å². The molecule has 0 bridgehead atoms. The molecular weight excluding hydrogens is 334 g/mol. The van der Waals surface area contributed by atoms with Gasteiger partial charge in [-0.25, -0.2) is 4.79 Å². The van der Waals surface area contributed by atoms with Crippen LogP contribution >= 0.6 is 11.6 Å². The summed E-state index contributed by atoms with van der Waals surface area (Å²) in [6.07, 6.45) is 0. The molecule has 2 aromatic carbocycles. The number of aryl methyl sites for hydroxylation is 1. The molecule has 6 nitrogen and oxygen atoms in total. The Labute approximate surface area is 144 Å². The Bertz CT molecular complexity index is 776. The molecule has 7 heteroatoms. The maximum Gasteiger partial charge on any atom is 0.341 e. The molecule has 0 aliphatic rings. The van der Waals surface area contributed by atoms with Crippen LogP contribution in [0.1, 0.15) is 15.9 Å². The second-order valence-corrected chi connectivity index (χ2v) is 5.39. The van der Waals surface area contributed by atoms with Crippen molar-refractivity contribution < 1.29 is 24.2 Å². The summed E-state index contributed by atoms with van der Waals surface area (Å²) < 4.78 is 10.3. The van der Waals surface area contributed by atoms with Gasteiger partial charge in [0.2, 0.25) is 0 Å². The van der Waals surface area contributed by atoms with Crippen LogP contribution < -0.4 is 14.8 Å². The van der Waals surface area contributed by atoms with E-state index in [1.54, 1.807) is 37.3 Å². The van der Waals surface area contributed by atoms with Crippen LogP contribution in [0.2, 0.25) is 5.02 Å². The number of hydrogen-bond acceptors (Lipinski definition) is 4. The highest BCUT2D eigenvalue weighted by atomic mass is 35.5. The molecule has 0 radical (unpaired) electrons. The van der Waals surface area contributed by atoms with Gasteiger partial charge in [0.05, 0.1) is 12.7 Å². The van der Waals surface area contributed by atoms with E-state index < -0.39 is 12.6 Å². The summed E-state index contributed by atoms with van der Waals surface area (Å²) in [5.41, 5.74) is 1.62. The van der Waals surface area contributed by atoms with Crippen molar-refractivity contribution in [1.29, 1.82) is 0 Å². The molecule has 0 spiro atoms. The number of carbonyl (C=O) groups excluding carboxylic acids is 1. The molecule has 0 saturated heterocycles. The van der Waals surface area contributed by atoms with Crippen molar-refractivity contribution in [1.82, 2.24) is 0 Å². The summed E-state index contributed by atoms with van der Waals surface area (Å²) in [5.74, 6) is -0.598. The highest BCUT2D eigenvalue weighted by Gasteiger charge is 2.14. The molecule has 2 N–H and O–H groups in total.